The van der Waals surface area contributed by atoms with E-state index in [-0.39, 0.29) is 12.5 Å². The molecule has 14 heavy (non-hydrogen) atoms. The van der Waals surface area contributed by atoms with Gasteiger partial charge in [-0.3, -0.25) is 4.79 Å². The second-order valence-electron chi connectivity index (χ2n) is 4.96. The van der Waals surface area contributed by atoms with Crippen LogP contribution in [0.2, 0.25) is 0 Å². The first-order valence-corrected chi connectivity index (χ1v) is 5.74. The summed E-state index contributed by atoms with van der Waals surface area (Å²) in [5.41, 5.74) is 0. The molecule has 2 aliphatic carbocycles. The highest BCUT2D eigenvalue weighted by atomic mass is 16.3. The van der Waals surface area contributed by atoms with Crippen LogP contribution in [0.5, 0.6) is 0 Å². The van der Waals surface area contributed by atoms with Crippen LogP contribution in [0.15, 0.2) is 0 Å². The number of amides is 1. The van der Waals surface area contributed by atoms with Gasteiger partial charge in [-0.15, -0.1) is 0 Å². The van der Waals surface area contributed by atoms with E-state index in [9.17, 15) is 4.79 Å². The van der Waals surface area contributed by atoms with Gasteiger partial charge in [0.05, 0.1) is 0 Å². The number of aliphatic hydroxyl groups is 1. The van der Waals surface area contributed by atoms with E-state index in [1.54, 1.807) is 0 Å². The molecule has 1 N–H and O–H groups in total. The maximum absolute atomic E-state index is 11.9. The lowest BCUT2D eigenvalue weighted by atomic mass is 10.2. The lowest BCUT2D eigenvalue weighted by Gasteiger charge is -2.26. The van der Waals surface area contributed by atoms with Crippen molar-refractivity contribution in [2.24, 2.45) is 17.8 Å². The molecule has 0 radical (unpaired) electrons. The van der Waals surface area contributed by atoms with Gasteiger partial charge in [0.2, 0.25) is 5.91 Å². The van der Waals surface area contributed by atoms with Gasteiger partial charge in [-0.05, 0) is 24.7 Å². The van der Waals surface area contributed by atoms with Gasteiger partial charge in [-0.25, -0.2) is 0 Å². The Kier molecular flexibility index (Phi) is 1.84. The van der Waals surface area contributed by atoms with Crippen LogP contribution in [0, 0.1) is 17.8 Å². The highest BCUT2D eigenvalue weighted by molar-refractivity contribution is 5.85. The molecule has 0 spiro atoms. The summed E-state index contributed by atoms with van der Waals surface area (Å²) < 4.78 is 0. The summed E-state index contributed by atoms with van der Waals surface area (Å²) in [5.74, 6) is 1.33. The standard InChI is InChI=1S/C11H17NO2/c13-6-9-8-5-12(11(14)10(8)9)7-3-1-2-4-7/h7-10,13H,1-6H2. The van der Waals surface area contributed by atoms with E-state index >= 15 is 0 Å². The average molecular weight is 195 g/mol. The number of nitrogens with zero attached hydrogens (tertiary/aromatic N) is 1. The van der Waals surface area contributed by atoms with E-state index in [1.165, 1.54) is 25.7 Å². The molecule has 3 rings (SSSR count). The third kappa shape index (κ3) is 1.05. The smallest absolute Gasteiger partial charge is 0.226 e. The zero-order valence-corrected chi connectivity index (χ0v) is 8.35. The summed E-state index contributed by atoms with van der Waals surface area (Å²) in [5, 5.41) is 9.01. The van der Waals surface area contributed by atoms with Gasteiger partial charge >= 0.3 is 0 Å². The van der Waals surface area contributed by atoms with Crippen LogP contribution in [-0.4, -0.2) is 35.1 Å². The normalized spacial score (nSPS) is 41.9. The number of likely N-dealkylation sites (tertiary alicyclic amines) is 1. The minimum Gasteiger partial charge on any atom is -0.396 e. The number of fused-ring (bicyclic) bond motifs is 1. The second kappa shape index (κ2) is 2.96. The second-order valence-corrected chi connectivity index (χ2v) is 4.96. The van der Waals surface area contributed by atoms with Gasteiger partial charge in [0.15, 0.2) is 0 Å². The molecule has 3 nitrogen and oxygen atoms in total. The van der Waals surface area contributed by atoms with E-state index < -0.39 is 0 Å². The first kappa shape index (κ1) is 8.72. The molecule has 0 aromatic rings. The summed E-state index contributed by atoms with van der Waals surface area (Å²) in [6.45, 7) is 1.14. The molecule has 3 aliphatic rings. The first-order valence-electron chi connectivity index (χ1n) is 5.74. The number of carbonyl (C=O) groups excluding carboxylic acids is 1. The van der Waals surface area contributed by atoms with Crippen molar-refractivity contribution in [3.8, 4) is 0 Å². The van der Waals surface area contributed by atoms with Gasteiger partial charge < -0.3 is 10.0 Å². The third-order valence-electron chi connectivity index (χ3n) is 4.28. The summed E-state index contributed by atoms with van der Waals surface area (Å²) in [6, 6.07) is 0.537. The Hall–Kier alpha value is -0.570. The average Bonchev–Trinajstić information content (AvgIpc) is 2.58. The van der Waals surface area contributed by atoms with Crippen molar-refractivity contribution in [3.63, 3.8) is 0 Å². The van der Waals surface area contributed by atoms with Crippen molar-refractivity contribution < 1.29 is 9.90 Å². The van der Waals surface area contributed by atoms with Crippen LogP contribution in [-0.2, 0) is 4.79 Å². The predicted octanol–water partition coefficient (Wildman–Crippen LogP) is 0.626. The number of rotatable bonds is 2. The molecule has 1 saturated heterocycles. The van der Waals surface area contributed by atoms with E-state index in [1.807, 2.05) is 0 Å². The SMILES string of the molecule is O=C1C2C(CO)C2CN1C1CCCC1. The molecular weight excluding hydrogens is 178 g/mol. The fourth-order valence-corrected chi connectivity index (χ4v) is 3.36. The predicted molar refractivity (Wildman–Crippen MR) is 51.5 cm³/mol. The van der Waals surface area contributed by atoms with E-state index in [0.29, 0.717) is 23.8 Å². The molecule has 0 bridgehead atoms. The fraction of sp³-hybridized carbons (Fsp3) is 0.909. The maximum Gasteiger partial charge on any atom is 0.226 e. The highest BCUT2D eigenvalue weighted by Crippen LogP contribution is 2.53. The van der Waals surface area contributed by atoms with E-state index in [2.05, 4.69) is 4.90 Å². The monoisotopic (exact) mass is 195 g/mol. The van der Waals surface area contributed by atoms with Crippen molar-refractivity contribution in [2.45, 2.75) is 31.7 Å². The van der Waals surface area contributed by atoms with Crippen LogP contribution >= 0.6 is 0 Å². The third-order valence-corrected chi connectivity index (χ3v) is 4.28. The van der Waals surface area contributed by atoms with Crippen LogP contribution in [0.25, 0.3) is 0 Å². The maximum atomic E-state index is 11.9. The van der Waals surface area contributed by atoms with Crippen molar-refractivity contribution in [3.05, 3.63) is 0 Å². The Labute approximate surface area is 84.1 Å². The lowest BCUT2D eigenvalue weighted by Crippen LogP contribution is -2.38. The Morgan fingerprint density at radius 1 is 1.36 bits per heavy atom. The highest BCUT2D eigenvalue weighted by Gasteiger charge is 2.61. The van der Waals surface area contributed by atoms with Gasteiger partial charge in [-0.2, -0.15) is 0 Å². The number of carbonyl (C=O) groups is 1. The van der Waals surface area contributed by atoms with Crippen LogP contribution < -0.4 is 0 Å². The number of hydrogen-bond donors (Lipinski definition) is 1. The molecule has 78 valence electrons. The largest absolute Gasteiger partial charge is 0.396 e. The summed E-state index contributed by atoms with van der Waals surface area (Å²) in [4.78, 5) is 14.0. The van der Waals surface area contributed by atoms with Crippen molar-refractivity contribution in [2.75, 3.05) is 13.2 Å². The molecule has 3 unspecified atom stereocenters. The zero-order valence-electron chi connectivity index (χ0n) is 8.35. The molecule has 2 saturated carbocycles. The van der Waals surface area contributed by atoms with Gasteiger partial charge in [0.1, 0.15) is 0 Å². The van der Waals surface area contributed by atoms with E-state index in [4.69, 9.17) is 5.11 Å². The van der Waals surface area contributed by atoms with Crippen LogP contribution in [0.4, 0.5) is 0 Å². The molecule has 1 aliphatic heterocycles. The topological polar surface area (TPSA) is 40.5 Å². The van der Waals surface area contributed by atoms with Crippen molar-refractivity contribution in [1.82, 2.24) is 4.90 Å². The molecule has 0 aromatic carbocycles. The molecule has 3 fully saturated rings. The fourth-order valence-electron chi connectivity index (χ4n) is 3.36. The zero-order chi connectivity index (χ0) is 9.71. The van der Waals surface area contributed by atoms with E-state index in [0.717, 1.165) is 6.54 Å². The Bertz CT molecular complexity index is 260. The number of piperidine rings is 1. The van der Waals surface area contributed by atoms with Gasteiger partial charge in [-0.1, -0.05) is 12.8 Å². The molecule has 3 atom stereocenters. The summed E-state index contributed by atoms with van der Waals surface area (Å²) >= 11 is 0. The number of aliphatic hydroxyl groups excluding tert-OH is 1. The molecule has 1 amide bonds. The Morgan fingerprint density at radius 2 is 2.07 bits per heavy atom. The molecule has 1 heterocycles. The van der Waals surface area contributed by atoms with Crippen LogP contribution in [0.3, 0.4) is 0 Å². The van der Waals surface area contributed by atoms with Crippen molar-refractivity contribution in [1.29, 1.82) is 0 Å². The summed E-state index contributed by atoms with van der Waals surface area (Å²) in [7, 11) is 0. The first-order chi connectivity index (χ1) is 6.83. The molecular formula is C11H17NO2. The quantitative estimate of drug-likeness (QED) is 0.702. The molecule has 3 heteroatoms. The summed E-state index contributed by atoms with van der Waals surface area (Å²) in [6.07, 6.45) is 4.98. The van der Waals surface area contributed by atoms with Gasteiger partial charge in [0, 0.05) is 25.1 Å². The van der Waals surface area contributed by atoms with Crippen molar-refractivity contribution >= 4 is 5.91 Å². The minimum atomic E-state index is 0.195. The minimum absolute atomic E-state index is 0.195. The Morgan fingerprint density at radius 3 is 2.57 bits per heavy atom. The lowest BCUT2D eigenvalue weighted by molar-refractivity contribution is -0.132. The van der Waals surface area contributed by atoms with Gasteiger partial charge in [0.25, 0.3) is 0 Å². The Balaban J connectivity index is 1.67. The number of hydrogen-bond acceptors (Lipinski definition) is 2. The molecule has 0 aromatic heterocycles. The van der Waals surface area contributed by atoms with Crippen LogP contribution in [0.1, 0.15) is 25.7 Å².